The number of anilines is 2. The van der Waals surface area contributed by atoms with E-state index >= 15 is 0 Å². The van der Waals surface area contributed by atoms with Gasteiger partial charge < -0.3 is 10.1 Å². The summed E-state index contributed by atoms with van der Waals surface area (Å²) in [5.74, 6) is 0.328. The maximum Gasteiger partial charge on any atom is 0.249 e. The SMILES string of the molecule is COc1ccccc1NC(=O)C1CC(C#N)ON1c1ccccc1. The number of para-hydroxylation sites is 3. The number of nitrogens with one attached hydrogen (secondary N) is 1. The van der Waals surface area contributed by atoms with Crippen LogP contribution in [0.15, 0.2) is 54.6 Å². The third-order valence-electron chi connectivity index (χ3n) is 3.78. The van der Waals surface area contributed by atoms with E-state index in [1.54, 1.807) is 19.2 Å². The van der Waals surface area contributed by atoms with Crippen molar-refractivity contribution in [1.82, 2.24) is 0 Å². The molecule has 2 unspecified atom stereocenters. The van der Waals surface area contributed by atoms with Gasteiger partial charge >= 0.3 is 0 Å². The van der Waals surface area contributed by atoms with Crippen LogP contribution in [-0.2, 0) is 9.63 Å². The summed E-state index contributed by atoms with van der Waals surface area (Å²) >= 11 is 0. The molecule has 2 atom stereocenters. The van der Waals surface area contributed by atoms with Gasteiger partial charge in [-0.05, 0) is 24.3 Å². The van der Waals surface area contributed by atoms with Gasteiger partial charge in [0.2, 0.25) is 5.91 Å². The molecule has 0 saturated carbocycles. The molecule has 0 bridgehead atoms. The Kier molecular flexibility index (Phi) is 4.64. The van der Waals surface area contributed by atoms with Crippen molar-refractivity contribution in [2.45, 2.75) is 18.6 Å². The predicted octanol–water partition coefficient (Wildman–Crippen LogP) is 2.74. The number of hydroxylamine groups is 1. The highest BCUT2D eigenvalue weighted by Crippen LogP contribution is 2.30. The number of rotatable bonds is 4. The van der Waals surface area contributed by atoms with Gasteiger partial charge in [0.15, 0.2) is 6.10 Å². The number of methoxy groups -OCH3 is 1. The molecule has 3 rings (SSSR count). The van der Waals surface area contributed by atoms with E-state index in [-0.39, 0.29) is 5.91 Å². The number of carbonyl (C=O) groups excluding carboxylic acids is 1. The number of amides is 1. The average molecular weight is 323 g/mol. The lowest BCUT2D eigenvalue weighted by Gasteiger charge is -2.23. The van der Waals surface area contributed by atoms with E-state index < -0.39 is 12.1 Å². The standard InChI is InChI=1S/C18H17N3O3/c1-23-17-10-6-5-9-15(17)20-18(22)16-11-14(12-19)24-21(16)13-7-3-2-4-8-13/h2-10,14,16H,11H2,1H3,(H,20,22). The molecule has 1 N–H and O–H groups in total. The minimum atomic E-state index is -0.654. The minimum Gasteiger partial charge on any atom is -0.495 e. The first kappa shape index (κ1) is 15.8. The van der Waals surface area contributed by atoms with Crippen LogP contribution in [0.5, 0.6) is 5.75 Å². The van der Waals surface area contributed by atoms with E-state index in [0.717, 1.165) is 5.69 Å². The van der Waals surface area contributed by atoms with Crippen LogP contribution in [0.25, 0.3) is 0 Å². The van der Waals surface area contributed by atoms with Crippen LogP contribution in [0.4, 0.5) is 11.4 Å². The third-order valence-corrected chi connectivity index (χ3v) is 3.78. The molecule has 1 heterocycles. The molecule has 1 amide bonds. The molecule has 2 aromatic rings. The van der Waals surface area contributed by atoms with Crippen LogP contribution in [0, 0.1) is 11.3 Å². The fourth-order valence-electron chi connectivity index (χ4n) is 2.62. The van der Waals surface area contributed by atoms with Crippen molar-refractivity contribution in [3.8, 4) is 11.8 Å². The van der Waals surface area contributed by atoms with Gasteiger partial charge in [0.05, 0.1) is 24.6 Å². The summed E-state index contributed by atoms with van der Waals surface area (Å²) in [6.07, 6.45) is -0.356. The maximum atomic E-state index is 12.7. The van der Waals surface area contributed by atoms with Crippen LogP contribution < -0.4 is 15.1 Å². The van der Waals surface area contributed by atoms with Crippen molar-refractivity contribution < 1.29 is 14.4 Å². The highest BCUT2D eigenvalue weighted by Gasteiger charge is 2.39. The second-order valence-corrected chi connectivity index (χ2v) is 5.33. The molecular weight excluding hydrogens is 306 g/mol. The topological polar surface area (TPSA) is 74.6 Å². The van der Waals surface area contributed by atoms with Crippen molar-refractivity contribution in [3.63, 3.8) is 0 Å². The number of nitrogens with zero attached hydrogens (tertiary/aromatic N) is 2. The summed E-state index contributed by atoms with van der Waals surface area (Å²) in [5, 5.41) is 13.5. The van der Waals surface area contributed by atoms with E-state index in [9.17, 15) is 4.79 Å². The number of nitriles is 1. The smallest absolute Gasteiger partial charge is 0.249 e. The van der Waals surface area contributed by atoms with E-state index in [2.05, 4.69) is 11.4 Å². The quantitative estimate of drug-likeness (QED) is 0.936. The first-order valence-electron chi connectivity index (χ1n) is 7.57. The molecule has 0 radical (unpaired) electrons. The highest BCUT2D eigenvalue weighted by molar-refractivity contribution is 5.98. The highest BCUT2D eigenvalue weighted by atomic mass is 16.7. The first-order valence-corrected chi connectivity index (χ1v) is 7.57. The Hall–Kier alpha value is -3.04. The molecule has 1 aliphatic rings. The van der Waals surface area contributed by atoms with Crippen molar-refractivity contribution in [2.24, 2.45) is 0 Å². The van der Waals surface area contributed by atoms with Crippen LogP contribution in [-0.4, -0.2) is 25.2 Å². The third kappa shape index (κ3) is 3.16. The number of hydrogen-bond donors (Lipinski definition) is 1. The van der Waals surface area contributed by atoms with Gasteiger partial charge in [-0.2, -0.15) is 5.26 Å². The minimum absolute atomic E-state index is 0.249. The molecule has 24 heavy (non-hydrogen) atoms. The van der Waals surface area contributed by atoms with Crippen LogP contribution >= 0.6 is 0 Å². The lowest BCUT2D eigenvalue weighted by Crippen LogP contribution is -2.39. The zero-order valence-electron chi connectivity index (χ0n) is 13.2. The van der Waals surface area contributed by atoms with Crippen molar-refractivity contribution in [3.05, 3.63) is 54.6 Å². The monoisotopic (exact) mass is 323 g/mol. The van der Waals surface area contributed by atoms with Crippen molar-refractivity contribution >= 4 is 17.3 Å². The molecule has 0 aromatic heterocycles. The summed E-state index contributed by atoms with van der Waals surface area (Å²) in [6.45, 7) is 0. The van der Waals surface area contributed by atoms with Crippen LogP contribution in [0.1, 0.15) is 6.42 Å². The normalized spacial score (nSPS) is 19.6. The Morgan fingerprint density at radius 1 is 1.25 bits per heavy atom. The fraction of sp³-hybridized carbons (Fsp3) is 0.222. The number of carbonyl (C=O) groups is 1. The second-order valence-electron chi connectivity index (χ2n) is 5.33. The molecule has 2 aromatic carbocycles. The van der Waals surface area contributed by atoms with Gasteiger partial charge in [0.25, 0.3) is 0 Å². The summed E-state index contributed by atoms with van der Waals surface area (Å²) in [7, 11) is 1.55. The van der Waals surface area contributed by atoms with E-state index in [1.165, 1.54) is 5.06 Å². The predicted molar refractivity (Wildman–Crippen MR) is 89.4 cm³/mol. The summed E-state index contributed by atoms with van der Waals surface area (Å²) in [4.78, 5) is 18.3. The molecule has 1 fully saturated rings. The van der Waals surface area contributed by atoms with E-state index in [4.69, 9.17) is 14.8 Å². The first-order chi connectivity index (χ1) is 11.7. The maximum absolute atomic E-state index is 12.7. The molecular formula is C18H17N3O3. The summed E-state index contributed by atoms with van der Waals surface area (Å²) in [5.41, 5.74) is 1.31. The zero-order chi connectivity index (χ0) is 16.9. The number of benzene rings is 2. The molecule has 122 valence electrons. The Bertz CT molecular complexity index is 758. The Labute approximate surface area is 140 Å². The molecule has 6 heteroatoms. The lowest BCUT2D eigenvalue weighted by atomic mass is 10.1. The Balaban J connectivity index is 1.83. The fourth-order valence-corrected chi connectivity index (χ4v) is 2.62. The number of ether oxygens (including phenoxy) is 1. The molecule has 6 nitrogen and oxygen atoms in total. The van der Waals surface area contributed by atoms with Crippen LogP contribution in [0.2, 0.25) is 0 Å². The van der Waals surface area contributed by atoms with Crippen molar-refractivity contribution in [2.75, 3.05) is 17.5 Å². The summed E-state index contributed by atoms with van der Waals surface area (Å²) in [6, 6.07) is 17.9. The Morgan fingerprint density at radius 3 is 2.67 bits per heavy atom. The van der Waals surface area contributed by atoms with Gasteiger partial charge in [0, 0.05) is 6.42 Å². The van der Waals surface area contributed by atoms with E-state index in [1.807, 2.05) is 42.5 Å². The Morgan fingerprint density at radius 2 is 1.96 bits per heavy atom. The van der Waals surface area contributed by atoms with Crippen LogP contribution in [0.3, 0.4) is 0 Å². The van der Waals surface area contributed by atoms with Gasteiger partial charge in [0.1, 0.15) is 11.8 Å². The average Bonchev–Trinajstić information content (AvgIpc) is 3.07. The molecule has 0 aliphatic carbocycles. The molecule has 0 spiro atoms. The number of hydrogen-bond acceptors (Lipinski definition) is 5. The molecule has 1 aliphatic heterocycles. The van der Waals surface area contributed by atoms with Gasteiger partial charge in [-0.1, -0.05) is 30.3 Å². The second kappa shape index (κ2) is 7.02. The van der Waals surface area contributed by atoms with Gasteiger partial charge in [-0.25, -0.2) is 5.06 Å². The van der Waals surface area contributed by atoms with Gasteiger partial charge in [-0.3, -0.25) is 9.63 Å². The van der Waals surface area contributed by atoms with Gasteiger partial charge in [-0.15, -0.1) is 0 Å². The van der Waals surface area contributed by atoms with E-state index in [0.29, 0.717) is 17.9 Å². The van der Waals surface area contributed by atoms with Crippen molar-refractivity contribution in [1.29, 1.82) is 5.26 Å². The zero-order valence-corrected chi connectivity index (χ0v) is 13.2. The summed E-state index contributed by atoms with van der Waals surface area (Å²) < 4.78 is 5.25. The molecule has 1 saturated heterocycles. The largest absolute Gasteiger partial charge is 0.495 e. The lowest BCUT2D eigenvalue weighted by molar-refractivity contribution is -0.117.